The highest BCUT2D eigenvalue weighted by atomic mass is 19.4. The number of nitrogens with zero attached hydrogens (tertiary/aromatic N) is 1. The number of aromatic amines is 1. The number of halogens is 3. The monoisotopic (exact) mass is 344 g/mol. The average molecular weight is 344 g/mol. The Balaban J connectivity index is 1.63. The first kappa shape index (κ1) is 17.3. The molecule has 0 amide bonds. The molecule has 0 fully saturated rings. The lowest BCUT2D eigenvalue weighted by Crippen LogP contribution is -2.17. The van der Waals surface area contributed by atoms with E-state index in [9.17, 15) is 13.2 Å². The smallest absolute Gasteiger partial charge is 0.361 e. The summed E-state index contributed by atoms with van der Waals surface area (Å²) in [5.74, 6) is 0. The summed E-state index contributed by atoms with van der Waals surface area (Å²) in [4.78, 5) is 5.36. The van der Waals surface area contributed by atoms with E-state index in [4.69, 9.17) is 0 Å². The van der Waals surface area contributed by atoms with Gasteiger partial charge in [-0.2, -0.15) is 13.2 Å². The van der Waals surface area contributed by atoms with Crippen LogP contribution in [0.5, 0.6) is 0 Å². The van der Waals surface area contributed by atoms with E-state index in [1.54, 1.807) is 12.1 Å². The first-order valence-corrected chi connectivity index (χ1v) is 8.01. The predicted molar refractivity (Wildman–Crippen MR) is 95.1 cm³/mol. The van der Waals surface area contributed by atoms with Gasteiger partial charge in [-0.15, -0.1) is 0 Å². The molecule has 0 unspecified atom stereocenters. The summed E-state index contributed by atoms with van der Waals surface area (Å²) in [6, 6.07) is 13.5. The highest BCUT2D eigenvalue weighted by molar-refractivity contribution is 5.82. The van der Waals surface area contributed by atoms with Crippen molar-refractivity contribution in [2.45, 2.75) is 12.7 Å². The molecule has 5 heteroatoms. The van der Waals surface area contributed by atoms with Crippen LogP contribution in [-0.4, -0.2) is 23.5 Å². The maximum absolute atomic E-state index is 12.7. The van der Waals surface area contributed by atoms with Crippen LogP contribution in [0.2, 0.25) is 0 Å². The van der Waals surface area contributed by atoms with Gasteiger partial charge in [0.15, 0.2) is 0 Å². The number of benzene rings is 2. The van der Waals surface area contributed by atoms with Gasteiger partial charge in [0, 0.05) is 24.8 Å². The van der Waals surface area contributed by atoms with E-state index < -0.39 is 11.7 Å². The van der Waals surface area contributed by atoms with Crippen molar-refractivity contribution in [3.8, 4) is 0 Å². The maximum atomic E-state index is 12.7. The molecule has 2 aromatic carbocycles. The predicted octanol–water partition coefficient (Wildman–Crippen LogP) is 5.33. The number of H-pyrrole nitrogens is 1. The van der Waals surface area contributed by atoms with Gasteiger partial charge in [-0.05, 0) is 41.8 Å². The number of fused-ring (bicyclic) bond motifs is 1. The number of hydrogen-bond acceptors (Lipinski definition) is 1. The van der Waals surface area contributed by atoms with Gasteiger partial charge in [-0.3, -0.25) is 4.90 Å². The molecule has 2 nitrogen and oxygen atoms in total. The molecule has 0 aliphatic carbocycles. The molecule has 0 aliphatic heterocycles. The molecule has 0 aliphatic rings. The number of likely N-dealkylation sites (N-methyl/N-ethyl adjacent to an activating group) is 1. The van der Waals surface area contributed by atoms with Crippen LogP contribution in [0.25, 0.3) is 17.0 Å². The summed E-state index contributed by atoms with van der Waals surface area (Å²) < 4.78 is 38.2. The first-order chi connectivity index (χ1) is 11.9. The molecule has 3 aromatic rings. The molecule has 130 valence electrons. The second kappa shape index (κ2) is 7.15. The quantitative estimate of drug-likeness (QED) is 0.663. The van der Waals surface area contributed by atoms with Crippen LogP contribution in [0.4, 0.5) is 13.2 Å². The number of rotatable bonds is 5. The largest absolute Gasteiger partial charge is 0.416 e. The van der Waals surface area contributed by atoms with E-state index in [-0.39, 0.29) is 0 Å². The van der Waals surface area contributed by atoms with Gasteiger partial charge < -0.3 is 4.98 Å². The number of aromatic nitrogens is 1. The highest BCUT2D eigenvalue weighted by Gasteiger charge is 2.30. The summed E-state index contributed by atoms with van der Waals surface area (Å²) in [5.41, 5.74) is 2.24. The zero-order valence-electron chi connectivity index (χ0n) is 13.8. The van der Waals surface area contributed by atoms with Gasteiger partial charge in [-0.25, -0.2) is 0 Å². The van der Waals surface area contributed by atoms with E-state index in [0.29, 0.717) is 12.1 Å². The minimum Gasteiger partial charge on any atom is -0.361 e. The molecule has 0 atom stereocenters. The fraction of sp³-hybridized carbons (Fsp3) is 0.200. The Labute approximate surface area is 144 Å². The molecular weight excluding hydrogens is 325 g/mol. The SMILES string of the molecule is CN(CC=Cc1cccc(C(F)(F)F)c1)Cc1cccc2cc[nH]c12. The topological polar surface area (TPSA) is 19.0 Å². The second-order valence-corrected chi connectivity index (χ2v) is 6.08. The average Bonchev–Trinajstić information content (AvgIpc) is 3.04. The summed E-state index contributed by atoms with van der Waals surface area (Å²) in [7, 11) is 1.98. The van der Waals surface area contributed by atoms with Gasteiger partial charge >= 0.3 is 6.18 Å². The van der Waals surface area contributed by atoms with Crippen molar-refractivity contribution in [3.05, 3.63) is 77.5 Å². The van der Waals surface area contributed by atoms with Gasteiger partial charge in [0.2, 0.25) is 0 Å². The Hall–Kier alpha value is -2.53. The summed E-state index contributed by atoms with van der Waals surface area (Å²) in [5, 5.41) is 1.17. The third kappa shape index (κ3) is 4.31. The molecule has 0 bridgehead atoms. The van der Waals surface area contributed by atoms with Gasteiger partial charge in [0.1, 0.15) is 0 Å². The van der Waals surface area contributed by atoms with Crippen LogP contribution in [0, 0.1) is 0 Å². The molecule has 1 aromatic heterocycles. The van der Waals surface area contributed by atoms with Crippen molar-refractivity contribution in [3.63, 3.8) is 0 Å². The van der Waals surface area contributed by atoms with Crippen molar-refractivity contribution in [1.29, 1.82) is 0 Å². The van der Waals surface area contributed by atoms with Crippen molar-refractivity contribution in [2.24, 2.45) is 0 Å². The highest BCUT2D eigenvalue weighted by Crippen LogP contribution is 2.29. The minimum atomic E-state index is -4.31. The zero-order chi connectivity index (χ0) is 17.9. The Morgan fingerprint density at radius 2 is 1.88 bits per heavy atom. The lowest BCUT2D eigenvalue weighted by molar-refractivity contribution is -0.137. The molecule has 0 saturated heterocycles. The van der Waals surface area contributed by atoms with Crippen LogP contribution < -0.4 is 0 Å². The van der Waals surface area contributed by atoms with E-state index in [2.05, 4.69) is 22.0 Å². The van der Waals surface area contributed by atoms with Crippen LogP contribution in [0.15, 0.2) is 60.8 Å². The van der Waals surface area contributed by atoms with E-state index >= 15 is 0 Å². The normalized spacial score (nSPS) is 12.5. The third-order valence-electron chi connectivity index (χ3n) is 4.06. The standard InChI is InChI=1S/C20H19F3N2/c1-25(14-17-8-3-7-16-10-11-24-19(16)17)12-4-6-15-5-2-9-18(13-15)20(21,22)23/h2-11,13,24H,12,14H2,1H3. The molecule has 1 N–H and O–H groups in total. The van der Waals surface area contributed by atoms with Crippen molar-refractivity contribution < 1.29 is 13.2 Å². The Kier molecular flexibility index (Phi) is 4.95. The van der Waals surface area contributed by atoms with Crippen molar-refractivity contribution in [2.75, 3.05) is 13.6 Å². The minimum absolute atomic E-state index is 0.551. The summed E-state index contributed by atoms with van der Waals surface area (Å²) in [6.07, 6.45) is 1.21. The summed E-state index contributed by atoms with van der Waals surface area (Å²) in [6.45, 7) is 1.40. The molecule has 0 spiro atoms. The maximum Gasteiger partial charge on any atom is 0.416 e. The third-order valence-corrected chi connectivity index (χ3v) is 4.06. The van der Waals surface area contributed by atoms with Crippen LogP contribution in [0.3, 0.4) is 0 Å². The second-order valence-electron chi connectivity index (χ2n) is 6.08. The fourth-order valence-electron chi connectivity index (χ4n) is 2.82. The van der Waals surface area contributed by atoms with Gasteiger partial charge in [-0.1, -0.05) is 42.5 Å². The van der Waals surface area contributed by atoms with Crippen molar-refractivity contribution >= 4 is 17.0 Å². The molecule has 3 rings (SSSR count). The van der Waals surface area contributed by atoms with Crippen LogP contribution in [-0.2, 0) is 12.7 Å². The number of hydrogen-bond donors (Lipinski definition) is 1. The van der Waals surface area contributed by atoms with Gasteiger partial charge in [0.25, 0.3) is 0 Å². The van der Waals surface area contributed by atoms with Crippen LogP contribution >= 0.6 is 0 Å². The number of para-hydroxylation sites is 1. The lowest BCUT2D eigenvalue weighted by Gasteiger charge is -2.15. The molecule has 0 saturated carbocycles. The van der Waals surface area contributed by atoms with Crippen molar-refractivity contribution in [1.82, 2.24) is 9.88 Å². The first-order valence-electron chi connectivity index (χ1n) is 8.01. The molecule has 1 heterocycles. The zero-order valence-corrected chi connectivity index (χ0v) is 13.8. The Morgan fingerprint density at radius 1 is 1.08 bits per heavy atom. The molecule has 25 heavy (non-hydrogen) atoms. The molecular formula is C20H19F3N2. The summed E-state index contributed by atoms with van der Waals surface area (Å²) >= 11 is 0. The van der Waals surface area contributed by atoms with E-state index in [0.717, 1.165) is 24.2 Å². The molecule has 0 radical (unpaired) electrons. The fourth-order valence-corrected chi connectivity index (χ4v) is 2.82. The Bertz CT molecular complexity index is 878. The lowest BCUT2D eigenvalue weighted by atomic mass is 10.1. The van der Waals surface area contributed by atoms with Crippen LogP contribution in [0.1, 0.15) is 16.7 Å². The van der Waals surface area contributed by atoms with Gasteiger partial charge in [0.05, 0.1) is 5.56 Å². The number of nitrogens with one attached hydrogen (secondary N) is 1. The number of alkyl halides is 3. The van der Waals surface area contributed by atoms with E-state index in [1.807, 2.05) is 31.5 Å². The van der Waals surface area contributed by atoms with E-state index in [1.165, 1.54) is 17.0 Å². The Morgan fingerprint density at radius 3 is 2.68 bits per heavy atom.